The van der Waals surface area contributed by atoms with E-state index < -0.39 is 6.10 Å². The van der Waals surface area contributed by atoms with Crippen LogP contribution in [-0.2, 0) is 14.3 Å². The van der Waals surface area contributed by atoms with Crippen molar-refractivity contribution in [3.05, 3.63) is 28.0 Å². The lowest BCUT2D eigenvalue weighted by atomic mass is 10.2. The van der Waals surface area contributed by atoms with Crippen LogP contribution in [0.2, 0.25) is 0 Å². The highest BCUT2D eigenvalue weighted by molar-refractivity contribution is 9.10. The predicted octanol–water partition coefficient (Wildman–Crippen LogP) is 2.25. The molecule has 98 valence electrons. The van der Waals surface area contributed by atoms with Gasteiger partial charge < -0.3 is 14.8 Å². The van der Waals surface area contributed by atoms with Crippen LogP contribution in [0.15, 0.2) is 16.6 Å². The number of benzene rings is 1. The fourth-order valence-corrected chi connectivity index (χ4v) is 1.98. The molecule has 1 fully saturated rings. The smallest absolute Gasteiger partial charge is 0.255 e. The molecule has 0 bridgehead atoms. The van der Waals surface area contributed by atoms with E-state index in [1.807, 2.05) is 0 Å². The first kappa shape index (κ1) is 13.5. The summed E-state index contributed by atoms with van der Waals surface area (Å²) in [5.41, 5.74) is 1.21. The molecule has 1 aliphatic rings. The third-order valence-electron chi connectivity index (χ3n) is 2.63. The molecule has 1 saturated heterocycles. The number of anilines is 1. The van der Waals surface area contributed by atoms with Crippen molar-refractivity contribution < 1.29 is 18.7 Å². The molecule has 4 nitrogen and oxygen atoms in total. The summed E-state index contributed by atoms with van der Waals surface area (Å²) in [6.07, 6.45) is -0.609. The topological polar surface area (TPSA) is 47.6 Å². The Labute approximate surface area is 113 Å². The Kier molecular flexibility index (Phi) is 4.31. The Morgan fingerprint density at radius 2 is 2.28 bits per heavy atom. The first-order valence-electron chi connectivity index (χ1n) is 5.54. The number of ether oxygens (including phenoxy) is 2. The Bertz CT molecular complexity index is 461. The number of halogens is 2. The summed E-state index contributed by atoms with van der Waals surface area (Å²) in [7, 11) is 0. The second-order valence-corrected chi connectivity index (χ2v) is 4.86. The Morgan fingerprint density at radius 1 is 1.50 bits per heavy atom. The van der Waals surface area contributed by atoms with Crippen LogP contribution in [0.5, 0.6) is 0 Å². The van der Waals surface area contributed by atoms with Gasteiger partial charge in [0.2, 0.25) is 0 Å². The van der Waals surface area contributed by atoms with Crippen molar-refractivity contribution >= 4 is 27.5 Å². The Hall–Kier alpha value is -0.980. The summed E-state index contributed by atoms with van der Waals surface area (Å²) in [5.74, 6) is -0.640. The quantitative estimate of drug-likeness (QED) is 0.910. The van der Waals surface area contributed by atoms with Crippen LogP contribution in [0.25, 0.3) is 0 Å². The highest BCUT2D eigenvalue weighted by Crippen LogP contribution is 2.24. The number of carbonyl (C=O) groups is 1. The maximum absolute atomic E-state index is 13.2. The van der Waals surface area contributed by atoms with Crippen molar-refractivity contribution in [2.24, 2.45) is 0 Å². The molecular weight excluding hydrogens is 305 g/mol. The molecule has 2 rings (SSSR count). The fourth-order valence-electron chi connectivity index (χ4n) is 1.63. The second-order valence-electron chi connectivity index (χ2n) is 4.00. The molecule has 0 aliphatic carbocycles. The monoisotopic (exact) mass is 317 g/mol. The van der Waals surface area contributed by atoms with Crippen LogP contribution in [0.4, 0.5) is 10.1 Å². The lowest BCUT2D eigenvalue weighted by Gasteiger charge is -2.22. The summed E-state index contributed by atoms with van der Waals surface area (Å²) in [4.78, 5) is 11.9. The molecule has 1 aromatic rings. The lowest BCUT2D eigenvalue weighted by Crippen LogP contribution is -2.39. The molecule has 0 saturated carbocycles. The van der Waals surface area contributed by atoms with Crippen LogP contribution in [-0.4, -0.2) is 31.8 Å². The van der Waals surface area contributed by atoms with Crippen molar-refractivity contribution in [2.75, 3.05) is 25.1 Å². The fraction of sp³-hybridized carbons (Fsp3) is 0.417. The molecule has 18 heavy (non-hydrogen) atoms. The van der Waals surface area contributed by atoms with Gasteiger partial charge in [0.25, 0.3) is 5.91 Å². The number of hydrogen-bond acceptors (Lipinski definition) is 3. The van der Waals surface area contributed by atoms with Gasteiger partial charge in [-0.15, -0.1) is 0 Å². The van der Waals surface area contributed by atoms with E-state index in [4.69, 9.17) is 9.47 Å². The van der Waals surface area contributed by atoms with Gasteiger partial charge in [0.05, 0.1) is 24.3 Å². The van der Waals surface area contributed by atoms with Crippen molar-refractivity contribution in [3.63, 3.8) is 0 Å². The largest absolute Gasteiger partial charge is 0.376 e. The maximum atomic E-state index is 13.2. The van der Waals surface area contributed by atoms with E-state index in [1.54, 1.807) is 6.92 Å². The third-order valence-corrected chi connectivity index (χ3v) is 3.24. The third kappa shape index (κ3) is 3.07. The molecule has 1 aromatic carbocycles. The summed E-state index contributed by atoms with van der Waals surface area (Å²) in [6, 6.07) is 2.89. The molecule has 0 spiro atoms. The highest BCUT2D eigenvalue weighted by Gasteiger charge is 2.23. The van der Waals surface area contributed by atoms with E-state index in [0.717, 1.165) is 0 Å². The summed E-state index contributed by atoms with van der Waals surface area (Å²) in [5, 5.41) is 2.71. The number of aryl methyl sites for hydroxylation is 1. The molecular formula is C12H13BrFNO3. The van der Waals surface area contributed by atoms with Crippen molar-refractivity contribution in [2.45, 2.75) is 13.0 Å². The number of carbonyl (C=O) groups excluding carboxylic acids is 1. The molecule has 0 aromatic heterocycles. The molecule has 1 N–H and O–H groups in total. The minimum Gasteiger partial charge on any atom is -0.376 e. The van der Waals surface area contributed by atoms with E-state index in [0.29, 0.717) is 28.9 Å². The average molecular weight is 318 g/mol. The Balaban J connectivity index is 2.08. The van der Waals surface area contributed by atoms with E-state index in [2.05, 4.69) is 21.2 Å². The van der Waals surface area contributed by atoms with Crippen molar-refractivity contribution in [3.8, 4) is 0 Å². The number of rotatable bonds is 2. The van der Waals surface area contributed by atoms with Gasteiger partial charge in [-0.3, -0.25) is 4.79 Å². The lowest BCUT2D eigenvalue weighted by molar-refractivity contribution is -0.142. The SMILES string of the molecule is Cc1cc(F)c(Br)cc1NC(=O)C1COCCO1. The van der Waals surface area contributed by atoms with Crippen LogP contribution >= 0.6 is 15.9 Å². The van der Waals surface area contributed by atoms with Gasteiger partial charge >= 0.3 is 0 Å². The van der Waals surface area contributed by atoms with Crippen molar-refractivity contribution in [1.82, 2.24) is 0 Å². The van der Waals surface area contributed by atoms with E-state index >= 15 is 0 Å². The van der Waals surface area contributed by atoms with E-state index in [-0.39, 0.29) is 18.3 Å². The number of nitrogens with one attached hydrogen (secondary N) is 1. The molecule has 1 unspecified atom stereocenters. The number of hydrogen-bond donors (Lipinski definition) is 1. The van der Waals surface area contributed by atoms with Gasteiger partial charge in [0.15, 0.2) is 6.10 Å². The predicted molar refractivity (Wildman–Crippen MR) is 68.0 cm³/mol. The molecule has 1 atom stereocenters. The summed E-state index contributed by atoms with van der Waals surface area (Å²) in [6.45, 7) is 2.88. The van der Waals surface area contributed by atoms with Gasteiger partial charge in [-0.25, -0.2) is 4.39 Å². The first-order valence-corrected chi connectivity index (χ1v) is 6.33. The molecule has 0 radical (unpaired) electrons. The first-order chi connectivity index (χ1) is 8.58. The van der Waals surface area contributed by atoms with Crippen LogP contribution in [0.1, 0.15) is 5.56 Å². The van der Waals surface area contributed by atoms with E-state index in [9.17, 15) is 9.18 Å². The molecule has 1 aliphatic heterocycles. The number of amides is 1. The van der Waals surface area contributed by atoms with Gasteiger partial charge in [-0.2, -0.15) is 0 Å². The summed E-state index contributed by atoms with van der Waals surface area (Å²) >= 11 is 3.08. The zero-order chi connectivity index (χ0) is 13.1. The van der Waals surface area contributed by atoms with Gasteiger partial charge in [-0.05, 0) is 40.5 Å². The molecule has 1 amide bonds. The second kappa shape index (κ2) is 5.77. The van der Waals surface area contributed by atoms with E-state index in [1.165, 1.54) is 12.1 Å². The summed E-state index contributed by atoms with van der Waals surface area (Å²) < 4.78 is 24.0. The normalized spacial score (nSPS) is 19.6. The maximum Gasteiger partial charge on any atom is 0.255 e. The van der Waals surface area contributed by atoms with Crippen LogP contribution < -0.4 is 5.32 Å². The molecule has 1 heterocycles. The Morgan fingerprint density at radius 3 is 2.94 bits per heavy atom. The minimum atomic E-state index is -0.609. The van der Waals surface area contributed by atoms with Gasteiger partial charge in [-0.1, -0.05) is 0 Å². The zero-order valence-corrected chi connectivity index (χ0v) is 11.4. The molecule has 6 heteroatoms. The zero-order valence-electron chi connectivity index (χ0n) is 9.83. The highest BCUT2D eigenvalue weighted by atomic mass is 79.9. The van der Waals surface area contributed by atoms with Gasteiger partial charge in [0.1, 0.15) is 5.82 Å². The van der Waals surface area contributed by atoms with Gasteiger partial charge in [0, 0.05) is 5.69 Å². The van der Waals surface area contributed by atoms with Crippen LogP contribution in [0.3, 0.4) is 0 Å². The van der Waals surface area contributed by atoms with Crippen molar-refractivity contribution in [1.29, 1.82) is 0 Å². The standard InChI is InChI=1S/C12H13BrFNO3/c1-7-4-9(14)8(13)5-10(7)15-12(16)11-6-17-2-3-18-11/h4-5,11H,2-3,6H2,1H3,(H,15,16). The van der Waals surface area contributed by atoms with Crippen LogP contribution in [0, 0.1) is 12.7 Å². The minimum absolute atomic E-state index is 0.243. The average Bonchev–Trinajstić information content (AvgIpc) is 2.37.